The zero-order valence-electron chi connectivity index (χ0n) is 9.38. The molecule has 1 nitrogen and oxygen atoms in total. The Morgan fingerprint density at radius 2 is 1.29 bits per heavy atom. The Kier molecular flexibility index (Phi) is 3.86. The molecule has 2 fully saturated rings. The first kappa shape index (κ1) is 10.5. The molecule has 0 aromatic heterocycles. The molecule has 0 aliphatic heterocycles. The van der Waals surface area contributed by atoms with Crippen LogP contribution in [0.3, 0.4) is 0 Å². The monoisotopic (exact) mass is 195 g/mol. The number of rotatable bonds is 0. The van der Waals surface area contributed by atoms with Crippen LogP contribution in [0.25, 0.3) is 0 Å². The molecule has 0 amide bonds. The van der Waals surface area contributed by atoms with E-state index in [4.69, 9.17) is 5.73 Å². The van der Waals surface area contributed by atoms with Crippen LogP contribution in [0, 0.1) is 11.8 Å². The quantitative estimate of drug-likeness (QED) is 0.629. The lowest BCUT2D eigenvalue weighted by Crippen LogP contribution is -2.23. The molecule has 0 radical (unpaired) electrons. The van der Waals surface area contributed by atoms with Crippen LogP contribution < -0.4 is 5.73 Å². The van der Waals surface area contributed by atoms with Crippen molar-refractivity contribution in [2.45, 2.75) is 70.3 Å². The number of fused-ring (bicyclic) bond motifs is 1. The highest BCUT2D eigenvalue weighted by Crippen LogP contribution is 2.45. The lowest BCUT2D eigenvalue weighted by atomic mass is 9.98. The average Bonchev–Trinajstić information content (AvgIpc) is 2.92. The fourth-order valence-corrected chi connectivity index (χ4v) is 3.01. The second-order valence-electron chi connectivity index (χ2n) is 5.38. The van der Waals surface area contributed by atoms with Crippen molar-refractivity contribution in [3.05, 3.63) is 0 Å². The lowest BCUT2D eigenvalue weighted by molar-refractivity contribution is 0.448. The van der Waals surface area contributed by atoms with Crippen LogP contribution in [0.15, 0.2) is 0 Å². The molecule has 2 rings (SSSR count). The summed E-state index contributed by atoms with van der Waals surface area (Å²) in [5.74, 6) is 1.93. The molecule has 3 unspecified atom stereocenters. The highest BCUT2D eigenvalue weighted by Gasteiger charge is 2.40. The molecular weight excluding hydrogens is 170 g/mol. The third-order valence-electron chi connectivity index (χ3n) is 4.14. The highest BCUT2D eigenvalue weighted by molar-refractivity contribution is 4.93. The van der Waals surface area contributed by atoms with Gasteiger partial charge in [-0.25, -0.2) is 0 Å². The molecule has 0 spiro atoms. The maximum absolute atomic E-state index is 6.20. The van der Waals surface area contributed by atoms with E-state index in [2.05, 4.69) is 0 Å². The zero-order chi connectivity index (χ0) is 9.80. The second kappa shape index (κ2) is 5.16. The van der Waals surface area contributed by atoms with Crippen molar-refractivity contribution in [1.29, 1.82) is 0 Å². The number of hydrogen-bond donors (Lipinski definition) is 1. The summed E-state index contributed by atoms with van der Waals surface area (Å²) in [5, 5.41) is 0. The smallest absolute Gasteiger partial charge is 0.00699 e. The van der Waals surface area contributed by atoms with E-state index >= 15 is 0 Å². The Morgan fingerprint density at radius 1 is 0.714 bits per heavy atom. The molecule has 0 saturated heterocycles. The first-order chi connectivity index (χ1) is 6.88. The third-order valence-corrected chi connectivity index (χ3v) is 4.14. The number of hydrogen-bond acceptors (Lipinski definition) is 1. The van der Waals surface area contributed by atoms with Gasteiger partial charge in [-0.3, -0.25) is 0 Å². The van der Waals surface area contributed by atoms with Gasteiger partial charge in [0.25, 0.3) is 0 Å². The molecule has 2 aliphatic rings. The van der Waals surface area contributed by atoms with Gasteiger partial charge in [-0.1, -0.05) is 51.4 Å². The predicted octanol–water partition coefficient (Wildman–Crippen LogP) is 3.47. The van der Waals surface area contributed by atoms with Gasteiger partial charge in [0.05, 0.1) is 0 Å². The van der Waals surface area contributed by atoms with Gasteiger partial charge in [0, 0.05) is 6.04 Å². The minimum Gasteiger partial charge on any atom is -0.327 e. The highest BCUT2D eigenvalue weighted by atomic mass is 14.7. The molecule has 3 atom stereocenters. The second-order valence-corrected chi connectivity index (χ2v) is 5.38. The maximum atomic E-state index is 6.20. The summed E-state index contributed by atoms with van der Waals surface area (Å²) >= 11 is 0. The van der Waals surface area contributed by atoms with Crippen molar-refractivity contribution in [2.24, 2.45) is 17.6 Å². The molecular formula is C13H25N. The van der Waals surface area contributed by atoms with Crippen LogP contribution in [0.4, 0.5) is 0 Å². The SMILES string of the molecule is NC1CCCCCCCCCC2CC12. The van der Waals surface area contributed by atoms with E-state index in [1.807, 2.05) is 0 Å². The fraction of sp³-hybridized carbons (Fsp3) is 1.00. The van der Waals surface area contributed by atoms with Gasteiger partial charge < -0.3 is 5.73 Å². The Hall–Kier alpha value is -0.0400. The van der Waals surface area contributed by atoms with Crippen molar-refractivity contribution < 1.29 is 0 Å². The Morgan fingerprint density at radius 3 is 2.00 bits per heavy atom. The standard InChI is InChI=1S/C13H25N/c14-13-9-7-5-3-1-2-4-6-8-11-10-12(11)13/h11-13H,1-10,14H2. The summed E-state index contributed by atoms with van der Waals surface area (Å²) < 4.78 is 0. The van der Waals surface area contributed by atoms with Gasteiger partial charge in [0.15, 0.2) is 0 Å². The normalized spacial score (nSPS) is 40.5. The largest absolute Gasteiger partial charge is 0.327 e. The summed E-state index contributed by atoms with van der Waals surface area (Å²) in [4.78, 5) is 0. The van der Waals surface area contributed by atoms with Crippen LogP contribution in [0.5, 0.6) is 0 Å². The molecule has 2 saturated carbocycles. The third kappa shape index (κ3) is 2.98. The van der Waals surface area contributed by atoms with Gasteiger partial charge in [-0.2, -0.15) is 0 Å². The zero-order valence-corrected chi connectivity index (χ0v) is 9.38. The topological polar surface area (TPSA) is 26.0 Å². The molecule has 14 heavy (non-hydrogen) atoms. The summed E-state index contributed by atoms with van der Waals surface area (Å²) in [5.41, 5.74) is 6.20. The minimum absolute atomic E-state index is 0.541. The summed E-state index contributed by atoms with van der Waals surface area (Å²) in [7, 11) is 0. The summed E-state index contributed by atoms with van der Waals surface area (Å²) in [6, 6.07) is 0.541. The van der Waals surface area contributed by atoms with Crippen molar-refractivity contribution >= 4 is 0 Å². The lowest BCUT2D eigenvalue weighted by Gasteiger charge is -2.12. The van der Waals surface area contributed by atoms with Crippen LogP contribution in [0.1, 0.15) is 64.2 Å². The minimum atomic E-state index is 0.541. The summed E-state index contributed by atoms with van der Waals surface area (Å²) in [6.07, 6.45) is 14.3. The molecule has 0 aromatic carbocycles. The maximum Gasteiger partial charge on any atom is 0.00699 e. The van der Waals surface area contributed by atoms with Gasteiger partial charge in [0.1, 0.15) is 0 Å². The van der Waals surface area contributed by atoms with E-state index in [0.29, 0.717) is 6.04 Å². The molecule has 0 aromatic rings. The van der Waals surface area contributed by atoms with Crippen molar-refractivity contribution in [2.75, 3.05) is 0 Å². The molecule has 1 heteroatoms. The van der Waals surface area contributed by atoms with E-state index < -0.39 is 0 Å². The first-order valence-electron chi connectivity index (χ1n) is 6.63. The fourth-order valence-electron chi connectivity index (χ4n) is 3.01. The predicted molar refractivity (Wildman–Crippen MR) is 61.1 cm³/mol. The first-order valence-corrected chi connectivity index (χ1v) is 6.63. The molecule has 0 bridgehead atoms. The van der Waals surface area contributed by atoms with E-state index in [-0.39, 0.29) is 0 Å². The van der Waals surface area contributed by atoms with E-state index in [1.54, 1.807) is 0 Å². The number of nitrogens with two attached hydrogens (primary N) is 1. The summed E-state index contributed by atoms with van der Waals surface area (Å²) in [6.45, 7) is 0. The van der Waals surface area contributed by atoms with E-state index in [9.17, 15) is 0 Å². The Bertz CT molecular complexity index is 167. The van der Waals surface area contributed by atoms with Crippen molar-refractivity contribution in [1.82, 2.24) is 0 Å². The Labute approximate surface area is 88.4 Å². The van der Waals surface area contributed by atoms with Crippen molar-refractivity contribution in [3.8, 4) is 0 Å². The Balaban J connectivity index is 1.74. The molecule has 2 N–H and O–H groups in total. The van der Waals surface area contributed by atoms with Crippen LogP contribution in [0.2, 0.25) is 0 Å². The van der Waals surface area contributed by atoms with Crippen LogP contribution in [-0.4, -0.2) is 6.04 Å². The van der Waals surface area contributed by atoms with Gasteiger partial charge in [-0.15, -0.1) is 0 Å². The molecule has 0 heterocycles. The van der Waals surface area contributed by atoms with Crippen LogP contribution in [-0.2, 0) is 0 Å². The van der Waals surface area contributed by atoms with Gasteiger partial charge in [-0.05, 0) is 24.7 Å². The van der Waals surface area contributed by atoms with Gasteiger partial charge >= 0.3 is 0 Å². The van der Waals surface area contributed by atoms with Gasteiger partial charge in [0.2, 0.25) is 0 Å². The molecule has 2 aliphatic carbocycles. The average molecular weight is 195 g/mol. The van der Waals surface area contributed by atoms with E-state index in [1.165, 1.54) is 64.2 Å². The molecule has 82 valence electrons. The van der Waals surface area contributed by atoms with E-state index in [0.717, 1.165) is 11.8 Å². The van der Waals surface area contributed by atoms with Crippen molar-refractivity contribution in [3.63, 3.8) is 0 Å². The van der Waals surface area contributed by atoms with Crippen LogP contribution >= 0.6 is 0 Å².